The first-order chi connectivity index (χ1) is 12.4. The van der Waals surface area contributed by atoms with Gasteiger partial charge in [-0.15, -0.1) is 0 Å². The zero-order valence-corrected chi connectivity index (χ0v) is 15.7. The Morgan fingerprint density at radius 1 is 1.08 bits per heavy atom. The topological polar surface area (TPSA) is 76.7 Å². The van der Waals surface area contributed by atoms with Gasteiger partial charge in [-0.25, -0.2) is 0 Å². The monoisotopic (exact) mass is 360 g/mol. The fourth-order valence-corrected chi connectivity index (χ4v) is 3.52. The van der Waals surface area contributed by atoms with Crippen molar-refractivity contribution < 1.29 is 19.1 Å². The van der Waals surface area contributed by atoms with Crippen molar-refractivity contribution in [2.75, 3.05) is 12.1 Å². The van der Waals surface area contributed by atoms with E-state index in [1.165, 1.54) is 0 Å². The number of ether oxygens (including phenoxy) is 2. The van der Waals surface area contributed by atoms with Crippen LogP contribution in [0.1, 0.15) is 46.5 Å². The van der Waals surface area contributed by atoms with Crippen LogP contribution in [0, 0.1) is 17.8 Å². The van der Waals surface area contributed by atoms with Crippen LogP contribution in [-0.4, -0.2) is 24.6 Å². The van der Waals surface area contributed by atoms with Gasteiger partial charge in [-0.1, -0.05) is 20.8 Å². The second kappa shape index (κ2) is 7.98. The number of nitrogens with one attached hydrogen (secondary N) is 2. The molecule has 6 heteroatoms. The zero-order valence-electron chi connectivity index (χ0n) is 15.7. The molecule has 0 unspecified atom stereocenters. The average Bonchev–Trinajstić information content (AvgIpc) is 3.07. The smallest absolute Gasteiger partial charge is 0.247 e. The van der Waals surface area contributed by atoms with Crippen molar-refractivity contribution >= 4 is 17.5 Å². The predicted molar refractivity (Wildman–Crippen MR) is 99.1 cm³/mol. The van der Waals surface area contributed by atoms with Gasteiger partial charge in [0, 0.05) is 17.7 Å². The van der Waals surface area contributed by atoms with Crippen LogP contribution in [-0.2, 0) is 9.59 Å². The Labute approximate surface area is 154 Å². The van der Waals surface area contributed by atoms with Gasteiger partial charge >= 0.3 is 0 Å². The number of anilines is 1. The summed E-state index contributed by atoms with van der Waals surface area (Å²) in [5.41, 5.74) is 0.630. The van der Waals surface area contributed by atoms with E-state index in [0.717, 1.165) is 25.7 Å². The molecular formula is C20H28N2O4. The minimum Gasteiger partial charge on any atom is -0.454 e. The first-order valence-corrected chi connectivity index (χ1v) is 9.45. The number of carbonyl (C=O) groups excluding carboxylic acids is 2. The van der Waals surface area contributed by atoms with Crippen LogP contribution in [0.25, 0.3) is 0 Å². The lowest BCUT2D eigenvalue weighted by atomic mass is 9.82. The molecule has 3 rings (SSSR count). The molecular weight excluding hydrogens is 332 g/mol. The van der Waals surface area contributed by atoms with E-state index < -0.39 is 6.04 Å². The molecule has 0 spiro atoms. The molecule has 0 saturated heterocycles. The molecule has 1 aliphatic heterocycles. The van der Waals surface area contributed by atoms with Crippen molar-refractivity contribution in [1.29, 1.82) is 0 Å². The lowest BCUT2D eigenvalue weighted by Gasteiger charge is -2.28. The number of fused-ring (bicyclic) bond motifs is 1. The lowest BCUT2D eigenvalue weighted by molar-refractivity contribution is -0.131. The number of rotatable bonds is 5. The molecule has 1 fully saturated rings. The SMILES string of the molecule is CC1CCC(C(=O)N[C@@H](C(=O)Nc2ccc3c(c2)OCO3)C(C)C)CC1. The van der Waals surface area contributed by atoms with Gasteiger partial charge in [0.05, 0.1) is 0 Å². The van der Waals surface area contributed by atoms with Crippen molar-refractivity contribution in [3.05, 3.63) is 18.2 Å². The second-order valence-corrected chi connectivity index (χ2v) is 7.74. The Balaban J connectivity index is 1.61. The number of carbonyl (C=O) groups is 2. The van der Waals surface area contributed by atoms with Crippen LogP contribution < -0.4 is 20.1 Å². The van der Waals surface area contributed by atoms with E-state index in [9.17, 15) is 9.59 Å². The molecule has 0 bridgehead atoms. The maximum Gasteiger partial charge on any atom is 0.247 e. The van der Waals surface area contributed by atoms with Crippen LogP contribution in [0.2, 0.25) is 0 Å². The van der Waals surface area contributed by atoms with Crippen molar-refractivity contribution in [3.8, 4) is 11.5 Å². The highest BCUT2D eigenvalue weighted by molar-refractivity contribution is 5.97. The molecule has 2 aliphatic rings. The van der Waals surface area contributed by atoms with E-state index in [-0.39, 0.29) is 30.4 Å². The summed E-state index contributed by atoms with van der Waals surface area (Å²) in [6.45, 7) is 6.29. The van der Waals surface area contributed by atoms with Crippen LogP contribution in [0.15, 0.2) is 18.2 Å². The molecule has 1 aromatic carbocycles. The Kier molecular flexibility index (Phi) is 5.69. The summed E-state index contributed by atoms with van der Waals surface area (Å²) in [6.07, 6.45) is 3.96. The average molecular weight is 360 g/mol. The molecule has 1 aromatic rings. The molecule has 1 atom stereocenters. The number of benzene rings is 1. The van der Waals surface area contributed by atoms with Gasteiger partial charge in [0.1, 0.15) is 6.04 Å². The third-order valence-electron chi connectivity index (χ3n) is 5.27. The van der Waals surface area contributed by atoms with Crippen LogP contribution in [0.4, 0.5) is 5.69 Å². The predicted octanol–water partition coefficient (Wildman–Crippen LogP) is 3.32. The van der Waals surface area contributed by atoms with Crippen LogP contribution in [0.5, 0.6) is 11.5 Å². The Morgan fingerprint density at radius 2 is 1.77 bits per heavy atom. The first-order valence-electron chi connectivity index (χ1n) is 9.45. The molecule has 2 N–H and O–H groups in total. The Bertz CT molecular complexity index is 666. The van der Waals surface area contributed by atoms with Gasteiger partial charge in [-0.05, 0) is 49.7 Å². The molecule has 1 saturated carbocycles. The summed E-state index contributed by atoms with van der Waals surface area (Å²) >= 11 is 0. The molecule has 142 valence electrons. The summed E-state index contributed by atoms with van der Waals surface area (Å²) in [7, 11) is 0. The van der Waals surface area contributed by atoms with Gasteiger partial charge in [0.2, 0.25) is 18.6 Å². The van der Waals surface area contributed by atoms with Crippen molar-refractivity contribution in [2.45, 2.75) is 52.5 Å². The van der Waals surface area contributed by atoms with E-state index >= 15 is 0 Å². The normalized spacial score (nSPS) is 22.8. The summed E-state index contributed by atoms with van der Waals surface area (Å²) in [5, 5.41) is 5.85. The minimum atomic E-state index is -0.563. The van der Waals surface area contributed by atoms with E-state index in [2.05, 4.69) is 17.6 Å². The summed E-state index contributed by atoms with van der Waals surface area (Å²) < 4.78 is 10.6. The molecule has 2 amide bonds. The molecule has 6 nitrogen and oxygen atoms in total. The minimum absolute atomic E-state index is 0.00330. The summed E-state index contributed by atoms with van der Waals surface area (Å²) in [5.74, 6) is 1.77. The summed E-state index contributed by atoms with van der Waals surface area (Å²) in [4.78, 5) is 25.3. The largest absolute Gasteiger partial charge is 0.454 e. The maximum atomic E-state index is 12.7. The number of amides is 2. The fraction of sp³-hybridized carbons (Fsp3) is 0.600. The highest BCUT2D eigenvalue weighted by Crippen LogP contribution is 2.34. The third-order valence-corrected chi connectivity index (χ3v) is 5.27. The van der Waals surface area contributed by atoms with Gasteiger partial charge in [0.25, 0.3) is 0 Å². The van der Waals surface area contributed by atoms with E-state index in [1.807, 2.05) is 13.8 Å². The van der Waals surface area contributed by atoms with Crippen LogP contribution >= 0.6 is 0 Å². The molecule has 26 heavy (non-hydrogen) atoms. The highest BCUT2D eigenvalue weighted by atomic mass is 16.7. The van der Waals surface area contributed by atoms with E-state index in [0.29, 0.717) is 23.1 Å². The standard InChI is InChI=1S/C20H28N2O4/c1-12(2)18(22-19(23)14-6-4-13(3)5-7-14)20(24)21-15-8-9-16-17(10-15)26-11-25-16/h8-10,12-14,18H,4-7,11H2,1-3H3,(H,21,24)(H,22,23)/t13?,14?,18-/m1/s1. The molecule has 1 aliphatic carbocycles. The highest BCUT2D eigenvalue weighted by Gasteiger charge is 2.30. The molecule has 1 heterocycles. The molecule has 0 aromatic heterocycles. The van der Waals surface area contributed by atoms with Crippen LogP contribution in [0.3, 0.4) is 0 Å². The first kappa shape index (κ1) is 18.5. The quantitative estimate of drug-likeness (QED) is 0.844. The van der Waals surface area contributed by atoms with Gasteiger partial charge in [-0.2, -0.15) is 0 Å². The van der Waals surface area contributed by atoms with Gasteiger partial charge in [0.15, 0.2) is 11.5 Å². The maximum absolute atomic E-state index is 12.7. The fourth-order valence-electron chi connectivity index (χ4n) is 3.52. The Morgan fingerprint density at radius 3 is 2.46 bits per heavy atom. The Hall–Kier alpha value is -2.24. The molecule has 0 radical (unpaired) electrons. The lowest BCUT2D eigenvalue weighted by Crippen LogP contribution is -2.49. The van der Waals surface area contributed by atoms with Crippen molar-refractivity contribution in [1.82, 2.24) is 5.32 Å². The zero-order chi connectivity index (χ0) is 18.7. The van der Waals surface area contributed by atoms with Gasteiger partial charge in [-0.3, -0.25) is 9.59 Å². The van der Waals surface area contributed by atoms with E-state index in [4.69, 9.17) is 9.47 Å². The van der Waals surface area contributed by atoms with Gasteiger partial charge < -0.3 is 20.1 Å². The third kappa shape index (κ3) is 4.29. The number of hydrogen-bond acceptors (Lipinski definition) is 4. The second-order valence-electron chi connectivity index (χ2n) is 7.74. The van der Waals surface area contributed by atoms with Crippen molar-refractivity contribution in [3.63, 3.8) is 0 Å². The van der Waals surface area contributed by atoms with E-state index in [1.54, 1.807) is 18.2 Å². The number of hydrogen-bond donors (Lipinski definition) is 2. The van der Waals surface area contributed by atoms with Crippen molar-refractivity contribution in [2.24, 2.45) is 17.8 Å². The summed E-state index contributed by atoms with van der Waals surface area (Å²) in [6, 6.07) is 4.71.